The first-order chi connectivity index (χ1) is 7.66. The monoisotopic (exact) mass is 219 g/mol. The molecule has 2 rings (SSSR count). The van der Waals surface area contributed by atoms with Gasteiger partial charge in [0.25, 0.3) is 0 Å². The van der Waals surface area contributed by atoms with Gasteiger partial charge in [-0.05, 0) is 43.4 Å². The maximum Gasteiger partial charge on any atom is 0.338 e. The van der Waals surface area contributed by atoms with E-state index in [0.717, 1.165) is 5.56 Å². The van der Waals surface area contributed by atoms with E-state index in [1.165, 1.54) is 19.3 Å². The van der Waals surface area contributed by atoms with Gasteiger partial charge >= 0.3 is 5.97 Å². The largest absolute Gasteiger partial charge is 0.462 e. The maximum atomic E-state index is 11.7. The van der Waals surface area contributed by atoms with Crippen LogP contribution in [0.1, 0.15) is 35.2 Å². The number of esters is 1. The fourth-order valence-corrected chi connectivity index (χ4v) is 1.70. The summed E-state index contributed by atoms with van der Waals surface area (Å²) in [4.78, 5) is 11.7. The standard InChI is InChI=1S/C13H17NO2/c1-9-5-6-11(7-12(9)14)13(15)16-8-10-3-2-4-10/h5-7,10H,2-4,8,14H2,1H3. The molecule has 0 bridgehead atoms. The Balaban J connectivity index is 1.94. The lowest BCUT2D eigenvalue weighted by Gasteiger charge is -2.24. The Morgan fingerprint density at radius 1 is 1.50 bits per heavy atom. The number of carbonyl (C=O) groups is 1. The Labute approximate surface area is 95.6 Å². The molecule has 0 saturated heterocycles. The molecule has 86 valence electrons. The van der Waals surface area contributed by atoms with Crippen LogP contribution in [0.5, 0.6) is 0 Å². The van der Waals surface area contributed by atoms with Crippen LogP contribution in [0, 0.1) is 12.8 Å². The number of carbonyl (C=O) groups excluding carboxylic acids is 1. The van der Waals surface area contributed by atoms with Crippen molar-refractivity contribution in [3.8, 4) is 0 Å². The Bertz CT molecular complexity index is 397. The number of nitrogens with two attached hydrogens (primary N) is 1. The van der Waals surface area contributed by atoms with Crippen molar-refractivity contribution in [3.05, 3.63) is 29.3 Å². The number of nitrogen functional groups attached to an aromatic ring is 1. The first kappa shape index (κ1) is 11.0. The summed E-state index contributed by atoms with van der Waals surface area (Å²) < 4.78 is 5.23. The smallest absolute Gasteiger partial charge is 0.338 e. The topological polar surface area (TPSA) is 52.3 Å². The van der Waals surface area contributed by atoms with Crippen LogP contribution in [-0.2, 0) is 4.74 Å². The minimum absolute atomic E-state index is 0.265. The van der Waals surface area contributed by atoms with Crippen molar-refractivity contribution in [2.75, 3.05) is 12.3 Å². The Morgan fingerprint density at radius 2 is 2.25 bits per heavy atom. The third kappa shape index (κ3) is 2.35. The van der Waals surface area contributed by atoms with E-state index in [1.807, 2.05) is 13.0 Å². The molecule has 2 N–H and O–H groups in total. The molecule has 1 aromatic rings. The lowest BCUT2D eigenvalue weighted by atomic mass is 9.86. The highest BCUT2D eigenvalue weighted by Crippen LogP contribution is 2.26. The van der Waals surface area contributed by atoms with Gasteiger partial charge in [-0.3, -0.25) is 0 Å². The summed E-state index contributed by atoms with van der Waals surface area (Å²) in [6, 6.07) is 5.28. The normalized spacial score (nSPS) is 15.6. The predicted molar refractivity (Wildman–Crippen MR) is 63.2 cm³/mol. The number of anilines is 1. The van der Waals surface area contributed by atoms with E-state index >= 15 is 0 Å². The summed E-state index contributed by atoms with van der Waals surface area (Å²) in [5, 5.41) is 0. The van der Waals surface area contributed by atoms with Crippen LogP contribution >= 0.6 is 0 Å². The zero-order chi connectivity index (χ0) is 11.5. The summed E-state index contributed by atoms with van der Waals surface area (Å²) in [5.41, 5.74) is 7.91. The van der Waals surface area contributed by atoms with E-state index in [-0.39, 0.29) is 5.97 Å². The van der Waals surface area contributed by atoms with E-state index in [1.54, 1.807) is 12.1 Å². The summed E-state index contributed by atoms with van der Waals surface area (Å²) in [6.07, 6.45) is 3.63. The number of hydrogen-bond acceptors (Lipinski definition) is 3. The Kier molecular flexibility index (Phi) is 3.13. The molecule has 1 saturated carbocycles. The predicted octanol–water partition coefficient (Wildman–Crippen LogP) is 2.53. The third-order valence-electron chi connectivity index (χ3n) is 3.19. The molecule has 0 heterocycles. The molecule has 3 heteroatoms. The molecule has 0 radical (unpaired) electrons. The van der Waals surface area contributed by atoms with Gasteiger partial charge in [-0.25, -0.2) is 4.79 Å². The average Bonchev–Trinajstić information content (AvgIpc) is 2.19. The minimum atomic E-state index is -0.265. The van der Waals surface area contributed by atoms with Crippen molar-refractivity contribution in [2.45, 2.75) is 26.2 Å². The van der Waals surface area contributed by atoms with Crippen molar-refractivity contribution in [1.82, 2.24) is 0 Å². The van der Waals surface area contributed by atoms with E-state index in [4.69, 9.17) is 10.5 Å². The molecule has 1 aliphatic rings. The fraction of sp³-hybridized carbons (Fsp3) is 0.462. The van der Waals surface area contributed by atoms with Gasteiger partial charge in [0, 0.05) is 5.69 Å². The number of ether oxygens (including phenoxy) is 1. The van der Waals surface area contributed by atoms with Crippen molar-refractivity contribution in [3.63, 3.8) is 0 Å². The SMILES string of the molecule is Cc1ccc(C(=O)OCC2CCC2)cc1N. The van der Waals surface area contributed by atoms with E-state index in [9.17, 15) is 4.79 Å². The summed E-state index contributed by atoms with van der Waals surface area (Å²) >= 11 is 0. The molecule has 0 atom stereocenters. The van der Waals surface area contributed by atoms with Crippen LogP contribution in [0.15, 0.2) is 18.2 Å². The van der Waals surface area contributed by atoms with Crippen molar-refractivity contribution >= 4 is 11.7 Å². The molecular formula is C13H17NO2. The molecule has 0 amide bonds. The number of benzene rings is 1. The molecular weight excluding hydrogens is 202 g/mol. The summed E-state index contributed by atoms with van der Waals surface area (Å²) in [5.74, 6) is 0.311. The van der Waals surface area contributed by atoms with Crippen molar-refractivity contribution in [2.24, 2.45) is 5.92 Å². The van der Waals surface area contributed by atoms with Gasteiger partial charge in [0.1, 0.15) is 0 Å². The first-order valence-electron chi connectivity index (χ1n) is 5.70. The van der Waals surface area contributed by atoms with Gasteiger partial charge in [0.2, 0.25) is 0 Å². The molecule has 3 nitrogen and oxygen atoms in total. The van der Waals surface area contributed by atoms with Crippen molar-refractivity contribution in [1.29, 1.82) is 0 Å². The van der Waals surface area contributed by atoms with E-state index < -0.39 is 0 Å². The van der Waals surface area contributed by atoms with Crippen LogP contribution in [0.25, 0.3) is 0 Å². The van der Waals surface area contributed by atoms with Crippen LogP contribution < -0.4 is 5.73 Å². The fourth-order valence-electron chi connectivity index (χ4n) is 1.70. The molecule has 0 aliphatic heterocycles. The first-order valence-corrected chi connectivity index (χ1v) is 5.70. The highest BCUT2D eigenvalue weighted by Gasteiger charge is 2.19. The molecule has 0 unspecified atom stereocenters. The van der Waals surface area contributed by atoms with Crippen LogP contribution in [-0.4, -0.2) is 12.6 Å². The van der Waals surface area contributed by atoms with Gasteiger partial charge in [0.05, 0.1) is 12.2 Å². The van der Waals surface area contributed by atoms with Gasteiger partial charge < -0.3 is 10.5 Å². The Hall–Kier alpha value is -1.51. The summed E-state index contributed by atoms with van der Waals surface area (Å²) in [7, 11) is 0. The zero-order valence-electron chi connectivity index (χ0n) is 9.53. The van der Waals surface area contributed by atoms with Crippen LogP contribution in [0.2, 0.25) is 0 Å². The molecule has 1 fully saturated rings. The zero-order valence-corrected chi connectivity index (χ0v) is 9.53. The minimum Gasteiger partial charge on any atom is -0.462 e. The van der Waals surface area contributed by atoms with Gasteiger partial charge in [0.15, 0.2) is 0 Å². The molecule has 1 aromatic carbocycles. The molecule has 1 aliphatic carbocycles. The van der Waals surface area contributed by atoms with E-state index in [0.29, 0.717) is 23.8 Å². The lowest BCUT2D eigenvalue weighted by Crippen LogP contribution is -2.20. The van der Waals surface area contributed by atoms with Gasteiger partial charge in [-0.2, -0.15) is 0 Å². The number of rotatable bonds is 3. The second-order valence-corrected chi connectivity index (χ2v) is 4.47. The van der Waals surface area contributed by atoms with Crippen LogP contribution in [0.3, 0.4) is 0 Å². The highest BCUT2D eigenvalue weighted by molar-refractivity contribution is 5.90. The lowest BCUT2D eigenvalue weighted by molar-refractivity contribution is 0.0371. The second kappa shape index (κ2) is 4.56. The summed E-state index contributed by atoms with van der Waals surface area (Å²) in [6.45, 7) is 2.46. The van der Waals surface area contributed by atoms with Crippen LogP contribution in [0.4, 0.5) is 5.69 Å². The average molecular weight is 219 g/mol. The second-order valence-electron chi connectivity index (χ2n) is 4.47. The van der Waals surface area contributed by atoms with Crippen molar-refractivity contribution < 1.29 is 9.53 Å². The van der Waals surface area contributed by atoms with Gasteiger partial charge in [-0.1, -0.05) is 12.5 Å². The number of aryl methyl sites for hydroxylation is 1. The Morgan fingerprint density at radius 3 is 2.81 bits per heavy atom. The van der Waals surface area contributed by atoms with E-state index in [2.05, 4.69) is 0 Å². The third-order valence-corrected chi connectivity index (χ3v) is 3.19. The number of hydrogen-bond donors (Lipinski definition) is 1. The molecule has 16 heavy (non-hydrogen) atoms. The molecule has 0 spiro atoms. The molecule has 0 aromatic heterocycles. The van der Waals surface area contributed by atoms with Gasteiger partial charge in [-0.15, -0.1) is 0 Å². The quantitative estimate of drug-likeness (QED) is 0.627. The maximum absolute atomic E-state index is 11.7. The highest BCUT2D eigenvalue weighted by atomic mass is 16.5.